The van der Waals surface area contributed by atoms with Gasteiger partial charge in [-0.1, -0.05) is 25.3 Å². The molecule has 2 amide bonds. The van der Waals surface area contributed by atoms with E-state index in [9.17, 15) is 9.59 Å². The smallest absolute Gasteiger partial charge is 0.264 e. The fraction of sp³-hybridized carbons (Fsp3) is 0.609. The Kier molecular flexibility index (Phi) is 5.27. The minimum atomic E-state index is -0.286. The number of likely N-dealkylation sites (tertiary alicyclic amines) is 1. The molecule has 1 atom stereocenters. The zero-order chi connectivity index (χ0) is 20.7. The molecule has 2 aromatic rings. The predicted octanol–water partition coefficient (Wildman–Crippen LogP) is 4.01. The van der Waals surface area contributed by atoms with E-state index in [1.54, 1.807) is 13.1 Å². The molecule has 3 fully saturated rings. The van der Waals surface area contributed by atoms with Gasteiger partial charge >= 0.3 is 0 Å². The van der Waals surface area contributed by atoms with E-state index in [-0.39, 0.29) is 17.9 Å². The highest BCUT2D eigenvalue weighted by Gasteiger charge is 2.42. The van der Waals surface area contributed by atoms with Gasteiger partial charge in [-0.05, 0) is 30.7 Å². The minimum absolute atomic E-state index is 0.0487. The van der Waals surface area contributed by atoms with Crippen LogP contribution in [-0.4, -0.2) is 59.4 Å². The van der Waals surface area contributed by atoms with Crippen molar-refractivity contribution in [1.29, 1.82) is 0 Å². The van der Waals surface area contributed by atoms with Crippen molar-refractivity contribution in [2.45, 2.75) is 51.6 Å². The highest BCUT2D eigenvalue weighted by atomic mass is 32.1. The molecule has 0 N–H and O–H groups in total. The summed E-state index contributed by atoms with van der Waals surface area (Å²) in [5, 5.41) is 0.979. The van der Waals surface area contributed by atoms with Crippen LogP contribution in [0.5, 0.6) is 0 Å². The fourth-order valence-corrected chi connectivity index (χ4v) is 6.66. The van der Waals surface area contributed by atoms with Crippen molar-refractivity contribution >= 4 is 33.4 Å². The van der Waals surface area contributed by atoms with Gasteiger partial charge in [0.25, 0.3) is 5.91 Å². The van der Waals surface area contributed by atoms with Crippen LogP contribution in [0.25, 0.3) is 10.2 Å². The Bertz CT molecular complexity index is 966. The number of carbonyl (C=O) groups is 2. The second-order valence-electron chi connectivity index (χ2n) is 9.06. The van der Waals surface area contributed by atoms with Crippen LogP contribution >= 0.6 is 11.3 Å². The van der Waals surface area contributed by atoms with E-state index in [1.165, 1.54) is 43.4 Å². The zero-order valence-electron chi connectivity index (χ0n) is 17.6. The molecule has 0 unspecified atom stereocenters. The van der Waals surface area contributed by atoms with Crippen molar-refractivity contribution in [3.05, 3.63) is 28.8 Å². The molecule has 1 aliphatic carbocycles. The molecule has 2 aliphatic heterocycles. The summed E-state index contributed by atoms with van der Waals surface area (Å²) in [6.07, 6.45) is 9.00. The highest BCUT2D eigenvalue weighted by Crippen LogP contribution is 2.45. The Balaban J connectivity index is 1.48. The van der Waals surface area contributed by atoms with E-state index in [4.69, 9.17) is 4.74 Å². The number of pyridine rings is 1. The number of hydrogen-bond donors (Lipinski definition) is 0. The minimum Gasteiger partial charge on any atom is -0.370 e. The molecule has 0 bridgehead atoms. The van der Waals surface area contributed by atoms with Gasteiger partial charge in [0.2, 0.25) is 5.91 Å². The number of ether oxygens (including phenoxy) is 1. The number of nitrogens with zero attached hydrogens (tertiary/aromatic N) is 3. The first-order valence-electron chi connectivity index (χ1n) is 11.1. The lowest BCUT2D eigenvalue weighted by Crippen LogP contribution is -2.41. The third-order valence-electron chi connectivity index (χ3n) is 7.17. The molecule has 2 aromatic heterocycles. The first-order chi connectivity index (χ1) is 14.6. The van der Waals surface area contributed by atoms with Gasteiger partial charge in [-0.25, -0.2) is 4.98 Å². The highest BCUT2D eigenvalue weighted by molar-refractivity contribution is 7.20. The van der Waals surface area contributed by atoms with Gasteiger partial charge in [0.1, 0.15) is 15.8 Å². The van der Waals surface area contributed by atoms with Crippen molar-refractivity contribution < 1.29 is 14.3 Å². The van der Waals surface area contributed by atoms with Crippen molar-refractivity contribution in [2.75, 3.05) is 32.8 Å². The Labute approximate surface area is 181 Å². The number of hydrogen-bond acceptors (Lipinski definition) is 5. The number of morpholine rings is 1. The van der Waals surface area contributed by atoms with Crippen LogP contribution in [0.2, 0.25) is 0 Å². The lowest BCUT2D eigenvalue weighted by Gasteiger charge is -2.34. The fourth-order valence-electron chi connectivity index (χ4n) is 5.50. The van der Waals surface area contributed by atoms with Crippen LogP contribution < -0.4 is 0 Å². The predicted molar refractivity (Wildman–Crippen MR) is 117 cm³/mol. The first-order valence-corrected chi connectivity index (χ1v) is 11.9. The third kappa shape index (κ3) is 3.52. The van der Waals surface area contributed by atoms with Gasteiger partial charge in [-0.2, -0.15) is 0 Å². The van der Waals surface area contributed by atoms with E-state index < -0.39 is 0 Å². The number of thiophene rings is 1. The number of carbonyl (C=O) groups excluding carboxylic acids is 2. The van der Waals surface area contributed by atoms with Crippen LogP contribution in [-0.2, 0) is 9.53 Å². The maximum Gasteiger partial charge on any atom is 0.264 e. The zero-order valence-corrected chi connectivity index (χ0v) is 18.4. The van der Waals surface area contributed by atoms with Gasteiger partial charge in [-0.15, -0.1) is 11.3 Å². The summed E-state index contributed by atoms with van der Waals surface area (Å²) in [4.78, 5) is 35.7. The molecule has 160 valence electrons. The summed E-state index contributed by atoms with van der Waals surface area (Å²) in [6, 6.07) is 3.93. The summed E-state index contributed by atoms with van der Waals surface area (Å²) >= 11 is 1.47. The quantitative estimate of drug-likeness (QED) is 0.726. The first kappa shape index (κ1) is 19.9. The van der Waals surface area contributed by atoms with E-state index in [0.29, 0.717) is 25.1 Å². The summed E-state index contributed by atoms with van der Waals surface area (Å²) < 4.78 is 6.09. The monoisotopic (exact) mass is 427 g/mol. The summed E-state index contributed by atoms with van der Waals surface area (Å²) in [5.41, 5.74) is 1.25. The summed E-state index contributed by atoms with van der Waals surface area (Å²) in [6.45, 7) is 4.88. The van der Waals surface area contributed by atoms with Gasteiger partial charge in [0, 0.05) is 43.7 Å². The van der Waals surface area contributed by atoms with Crippen molar-refractivity contribution in [3.63, 3.8) is 0 Å². The summed E-state index contributed by atoms with van der Waals surface area (Å²) in [5.74, 6) is 0.159. The van der Waals surface area contributed by atoms with E-state index in [0.717, 1.165) is 40.2 Å². The van der Waals surface area contributed by atoms with Crippen LogP contribution in [0.4, 0.5) is 0 Å². The number of fused-ring (bicyclic) bond motifs is 1. The normalized spacial score (nSPS) is 24.0. The van der Waals surface area contributed by atoms with E-state index in [2.05, 4.69) is 9.88 Å². The van der Waals surface area contributed by atoms with Crippen LogP contribution in [0.15, 0.2) is 18.3 Å². The number of amides is 2. The topological polar surface area (TPSA) is 62.7 Å². The molecular weight excluding hydrogens is 398 g/mol. The van der Waals surface area contributed by atoms with Crippen LogP contribution in [0.1, 0.15) is 66.8 Å². The van der Waals surface area contributed by atoms with Gasteiger partial charge in [0.15, 0.2) is 0 Å². The third-order valence-corrected chi connectivity index (χ3v) is 8.29. The Morgan fingerprint density at radius 2 is 2.00 bits per heavy atom. The number of aromatic nitrogens is 1. The second-order valence-corrected chi connectivity index (χ2v) is 10.1. The lowest BCUT2D eigenvalue weighted by atomic mass is 9.73. The molecule has 6 nitrogen and oxygen atoms in total. The largest absolute Gasteiger partial charge is 0.370 e. The van der Waals surface area contributed by atoms with Gasteiger partial charge < -0.3 is 14.5 Å². The average Bonchev–Trinajstić information content (AvgIpc) is 3.36. The van der Waals surface area contributed by atoms with Crippen LogP contribution in [0.3, 0.4) is 0 Å². The van der Waals surface area contributed by atoms with Crippen molar-refractivity contribution in [2.24, 2.45) is 5.41 Å². The van der Waals surface area contributed by atoms with Crippen molar-refractivity contribution in [1.82, 2.24) is 14.8 Å². The molecule has 1 spiro atoms. The Hall–Kier alpha value is -1.99. The SMILES string of the molecule is CC(=O)N1CCO[C@H](c2c(C(=O)N3CCC4(CCCCC4)C3)sc3ncccc23)C1. The van der Waals surface area contributed by atoms with E-state index in [1.807, 2.05) is 17.0 Å². The molecule has 5 rings (SSSR count). The maximum absolute atomic E-state index is 13.7. The standard InChI is InChI=1S/C23H29N3O3S/c1-16(27)25-12-13-29-18(14-25)19-17-6-5-10-24-21(17)30-20(19)22(28)26-11-9-23(15-26)7-3-2-4-8-23/h5-6,10,18H,2-4,7-9,11-15H2,1H3/t18-/m0/s1. The molecule has 3 aliphatic rings. The van der Waals surface area contributed by atoms with E-state index >= 15 is 0 Å². The molecule has 0 aromatic carbocycles. The van der Waals surface area contributed by atoms with Gasteiger partial charge in [-0.3, -0.25) is 9.59 Å². The molecule has 1 saturated carbocycles. The van der Waals surface area contributed by atoms with Crippen molar-refractivity contribution in [3.8, 4) is 0 Å². The second kappa shape index (κ2) is 7.93. The van der Waals surface area contributed by atoms with Crippen LogP contribution in [0, 0.1) is 5.41 Å². The molecule has 2 saturated heterocycles. The molecule has 4 heterocycles. The molecule has 7 heteroatoms. The molecule has 0 radical (unpaired) electrons. The van der Waals surface area contributed by atoms with Gasteiger partial charge in [0.05, 0.1) is 13.2 Å². The lowest BCUT2D eigenvalue weighted by molar-refractivity contribution is -0.136. The molecule has 30 heavy (non-hydrogen) atoms. The maximum atomic E-state index is 13.7. The Morgan fingerprint density at radius 1 is 1.17 bits per heavy atom. The average molecular weight is 428 g/mol. The number of rotatable bonds is 2. The summed E-state index contributed by atoms with van der Waals surface area (Å²) in [7, 11) is 0. The molecular formula is C23H29N3O3S. The Morgan fingerprint density at radius 3 is 2.80 bits per heavy atom.